The molecule has 0 aliphatic rings. The first-order valence-corrected chi connectivity index (χ1v) is 6.10. The van der Waals surface area contributed by atoms with Gasteiger partial charge < -0.3 is 10.5 Å². The molecule has 0 heterocycles. The smallest absolute Gasteiger partial charge is 0.150 e. The van der Waals surface area contributed by atoms with Gasteiger partial charge in [0.15, 0.2) is 0 Å². The van der Waals surface area contributed by atoms with Crippen LogP contribution in [-0.2, 0) is 5.41 Å². The molecule has 0 atom stereocenters. The summed E-state index contributed by atoms with van der Waals surface area (Å²) in [5, 5.41) is 0. The molecule has 0 aromatic heterocycles. The molecule has 18 heavy (non-hydrogen) atoms. The van der Waals surface area contributed by atoms with E-state index in [1.807, 2.05) is 36.4 Å². The van der Waals surface area contributed by atoms with Gasteiger partial charge >= 0.3 is 0 Å². The average molecular weight is 241 g/mol. The Labute approximate surface area is 108 Å². The average Bonchev–Trinajstić information content (AvgIpc) is 2.32. The van der Waals surface area contributed by atoms with Gasteiger partial charge in [0.2, 0.25) is 0 Å². The summed E-state index contributed by atoms with van der Waals surface area (Å²) in [5.74, 6) is 1.50. The zero-order valence-corrected chi connectivity index (χ0v) is 11.1. The van der Waals surface area contributed by atoms with Gasteiger partial charge in [-0.15, -0.1) is 0 Å². The molecule has 0 aliphatic carbocycles. The summed E-state index contributed by atoms with van der Waals surface area (Å²) in [6.45, 7) is 6.58. The van der Waals surface area contributed by atoms with Crippen molar-refractivity contribution in [2.24, 2.45) is 0 Å². The minimum Gasteiger partial charge on any atom is -0.455 e. The van der Waals surface area contributed by atoms with Crippen LogP contribution in [0.1, 0.15) is 26.3 Å². The first-order chi connectivity index (χ1) is 8.47. The zero-order chi connectivity index (χ0) is 13.2. The summed E-state index contributed by atoms with van der Waals surface area (Å²) in [6, 6.07) is 15.6. The van der Waals surface area contributed by atoms with Crippen molar-refractivity contribution >= 4 is 5.69 Å². The van der Waals surface area contributed by atoms with Gasteiger partial charge in [-0.05, 0) is 35.2 Å². The lowest BCUT2D eigenvalue weighted by atomic mass is 9.87. The minimum absolute atomic E-state index is 0.157. The maximum atomic E-state index is 5.84. The molecule has 0 amide bonds. The number of anilines is 1. The fourth-order valence-electron chi connectivity index (χ4n) is 1.72. The molecule has 0 spiro atoms. The van der Waals surface area contributed by atoms with Crippen LogP contribution in [0.3, 0.4) is 0 Å². The van der Waals surface area contributed by atoms with Crippen molar-refractivity contribution in [3.63, 3.8) is 0 Å². The number of ether oxygens (including phenoxy) is 1. The highest BCUT2D eigenvalue weighted by atomic mass is 16.5. The van der Waals surface area contributed by atoms with Crippen LogP contribution in [0.25, 0.3) is 0 Å². The molecule has 2 heteroatoms. The lowest BCUT2D eigenvalue weighted by Crippen LogP contribution is -2.10. The summed E-state index contributed by atoms with van der Waals surface area (Å²) < 4.78 is 5.75. The molecule has 0 fully saturated rings. The number of hydrogen-bond acceptors (Lipinski definition) is 2. The Kier molecular flexibility index (Phi) is 3.28. The van der Waals surface area contributed by atoms with E-state index in [9.17, 15) is 0 Å². The highest BCUT2D eigenvalue weighted by Gasteiger charge is 2.13. The molecule has 0 unspecified atom stereocenters. The number of rotatable bonds is 2. The third-order valence-corrected chi connectivity index (χ3v) is 2.87. The topological polar surface area (TPSA) is 35.2 Å². The molecule has 2 aromatic carbocycles. The quantitative estimate of drug-likeness (QED) is 0.793. The van der Waals surface area contributed by atoms with Crippen LogP contribution in [0.5, 0.6) is 11.5 Å². The lowest BCUT2D eigenvalue weighted by molar-refractivity contribution is 0.484. The monoisotopic (exact) mass is 241 g/mol. The third-order valence-electron chi connectivity index (χ3n) is 2.87. The van der Waals surface area contributed by atoms with Gasteiger partial charge in [0.25, 0.3) is 0 Å². The molecule has 0 bridgehead atoms. The second kappa shape index (κ2) is 4.73. The second-order valence-electron chi connectivity index (χ2n) is 5.41. The Morgan fingerprint density at radius 1 is 0.889 bits per heavy atom. The van der Waals surface area contributed by atoms with Crippen LogP contribution >= 0.6 is 0 Å². The van der Waals surface area contributed by atoms with Crippen LogP contribution in [0.4, 0.5) is 5.69 Å². The minimum atomic E-state index is 0.157. The van der Waals surface area contributed by atoms with Crippen molar-refractivity contribution in [2.45, 2.75) is 26.2 Å². The first kappa shape index (κ1) is 12.5. The van der Waals surface area contributed by atoms with Gasteiger partial charge in [-0.2, -0.15) is 0 Å². The van der Waals surface area contributed by atoms with Crippen molar-refractivity contribution in [1.29, 1.82) is 0 Å². The van der Waals surface area contributed by atoms with E-state index in [0.29, 0.717) is 11.4 Å². The normalized spacial score (nSPS) is 11.3. The van der Waals surface area contributed by atoms with E-state index in [0.717, 1.165) is 5.75 Å². The predicted octanol–water partition coefficient (Wildman–Crippen LogP) is 4.36. The van der Waals surface area contributed by atoms with Crippen LogP contribution in [0, 0.1) is 0 Å². The van der Waals surface area contributed by atoms with Gasteiger partial charge in [0, 0.05) is 0 Å². The fourth-order valence-corrected chi connectivity index (χ4v) is 1.72. The molecule has 2 nitrogen and oxygen atoms in total. The number of hydrogen-bond donors (Lipinski definition) is 1. The van der Waals surface area contributed by atoms with E-state index < -0.39 is 0 Å². The van der Waals surface area contributed by atoms with Crippen molar-refractivity contribution in [3.8, 4) is 11.5 Å². The van der Waals surface area contributed by atoms with Crippen LogP contribution in [0.2, 0.25) is 0 Å². The summed E-state index contributed by atoms with van der Waals surface area (Å²) in [4.78, 5) is 0. The van der Waals surface area contributed by atoms with Gasteiger partial charge in [0.1, 0.15) is 11.5 Å². The van der Waals surface area contributed by atoms with Crippen LogP contribution in [0.15, 0.2) is 48.5 Å². The Bertz CT molecular complexity index is 524. The van der Waals surface area contributed by atoms with Gasteiger partial charge in [-0.3, -0.25) is 0 Å². The van der Waals surface area contributed by atoms with Crippen LogP contribution < -0.4 is 10.5 Å². The third kappa shape index (κ3) is 2.83. The SMILES string of the molecule is CC(C)(C)c1ccc(Oc2ccccc2N)cc1. The molecule has 2 aromatic rings. The molecule has 0 radical (unpaired) electrons. The van der Waals surface area contributed by atoms with Gasteiger partial charge in [0.05, 0.1) is 5.69 Å². The largest absolute Gasteiger partial charge is 0.455 e. The summed E-state index contributed by atoms with van der Waals surface area (Å²) in [6.07, 6.45) is 0. The molecule has 2 rings (SSSR count). The predicted molar refractivity (Wildman–Crippen MR) is 76.1 cm³/mol. The maximum Gasteiger partial charge on any atom is 0.150 e. The number of para-hydroxylation sites is 2. The number of nitrogen functional groups attached to an aromatic ring is 1. The molecule has 2 N–H and O–H groups in total. The molecular formula is C16H19NO. The standard InChI is InChI=1S/C16H19NO/c1-16(2,3)12-8-10-13(11-9-12)18-15-7-5-4-6-14(15)17/h4-11H,17H2,1-3H3. The Hall–Kier alpha value is -1.96. The lowest BCUT2D eigenvalue weighted by Gasteiger charge is -2.19. The molecule has 0 saturated heterocycles. The molecule has 0 aliphatic heterocycles. The Morgan fingerprint density at radius 2 is 1.50 bits per heavy atom. The molecule has 0 saturated carbocycles. The zero-order valence-electron chi connectivity index (χ0n) is 11.1. The van der Waals surface area contributed by atoms with E-state index in [4.69, 9.17) is 10.5 Å². The summed E-state index contributed by atoms with van der Waals surface area (Å²) >= 11 is 0. The second-order valence-corrected chi connectivity index (χ2v) is 5.41. The van der Waals surface area contributed by atoms with Crippen molar-refractivity contribution < 1.29 is 4.74 Å². The van der Waals surface area contributed by atoms with Crippen molar-refractivity contribution in [3.05, 3.63) is 54.1 Å². The van der Waals surface area contributed by atoms with Gasteiger partial charge in [-0.25, -0.2) is 0 Å². The van der Waals surface area contributed by atoms with E-state index in [-0.39, 0.29) is 5.41 Å². The summed E-state index contributed by atoms with van der Waals surface area (Å²) in [5.41, 5.74) is 7.94. The number of nitrogens with two attached hydrogens (primary N) is 1. The Morgan fingerprint density at radius 3 is 2.06 bits per heavy atom. The highest BCUT2D eigenvalue weighted by molar-refractivity contribution is 5.53. The Balaban J connectivity index is 2.19. The number of benzene rings is 2. The van der Waals surface area contributed by atoms with E-state index >= 15 is 0 Å². The molecule has 94 valence electrons. The van der Waals surface area contributed by atoms with E-state index in [1.165, 1.54) is 5.56 Å². The maximum absolute atomic E-state index is 5.84. The fraction of sp³-hybridized carbons (Fsp3) is 0.250. The van der Waals surface area contributed by atoms with Crippen molar-refractivity contribution in [1.82, 2.24) is 0 Å². The van der Waals surface area contributed by atoms with Crippen molar-refractivity contribution in [2.75, 3.05) is 5.73 Å². The first-order valence-electron chi connectivity index (χ1n) is 6.10. The summed E-state index contributed by atoms with van der Waals surface area (Å²) in [7, 11) is 0. The van der Waals surface area contributed by atoms with E-state index in [2.05, 4.69) is 32.9 Å². The van der Waals surface area contributed by atoms with Crippen LogP contribution in [-0.4, -0.2) is 0 Å². The van der Waals surface area contributed by atoms with E-state index in [1.54, 1.807) is 0 Å². The molecular weight excluding hydrogens is 222 g/mol. The van der Waals surface area contributed by atoms with Gasteiger partial charge in [-0.1, -0.05) is 45.0 Å². The highest BCUT2D eigenvalue weighted by Crippen LogP contribution is 2.29.